The van der Waals surface area contributed by atoms with E-state index in [9.17, 15) is 22.8 Å². The van der Waals surface area contributed by atoms with Crippen molar-refractivity contribution in [1.82, 2.24) is 0 Å². The first-order valence-corrected chi connectivity index (χ1v) is 10.9. The highest BCUT2D eigenvalue weighted by Gasteiger charge is 2.40. The maximum atomic E-state index is 13.7. The number of esters is 1. The zero-order chi connectivity index (χ0) is 24.6. The number of ether oxygens (including phenoxy) is 2. The highest BCUT2D eigenvalue weighted by Crippen LogP contribution is 2.40. The van der Waals surface area contributed by atoms with Crippen LogP contribution in [0, 0.1) is 0 Å². The summed E-state index contributed by atoms with van der Waals surface area (Å²) in [6.07, 6.45) is -5.05. The molecule has 4 aromatic rings. The third-order valence-electron chi connectivity index (χ3n) is 4.49. The van der Waals surface area contributed by atoms with Gasteiger partial charge in [-0.2, -0.15) is 13.2 Å². The monoisotopic (exact) mass is 572 g/mol. The minimum Gasteiger partial charge on any atom is -0.448 e. The van der Waals surface area contributed by atoms with Crippen molar-refractivity contribution in [3.05, 3.63) is 96.7 Å². The second-order valence-corrected chi connectivity index (χ2v) is 8.49. The van der Waals surface area contributed by atoms with Crippen LogP contribution < -0.4 is 14.9 Å². The topological polar surface area (TPSA) is 65.7 Å². The van der Waals surface area contributed by atoms with E-state index < -0.39 is 34.7 Å². The molecule has 1 aromatic heterocycles. The van der Waals surface area contributed by atoms with Gasteiger partial charge in [0, 0.05) is 11.1 Å². The summed E-state index contributed by atoms with van der Waals surface area (Å²) in [6, 6.07) is 13.6. The Kier molecular flexibility index (Phi) is 6.62. The van der Waals surface area contributed by atoms with Gasteiger partial charge in [0.25, 0.3) is 5.76 Å². The Hall–Kier alpha value is -3.01. The number of benzene rings is 3. The molecule has 4 rings (SSSR count). The molecule has 0 amide bonds. The van der Waals surface area contributed by atoms with Gasteiger partial charge in [-0.15, -0.1) is 0 Å². The van der Waals surface area contributed by atoms with Gasteiger partial charge in [0.1, 0.15) is 17.1 Å². The third-order valence-corrected chi connectivity index (χ3v) is 5.69. The van der Waals surface area contributed by atoms with E-state index in [1.54, 1.807) is 12.1 Å². The molecule has 0 unspecified atom stereocenters. The lowest BCUT2D eigenvalue weighted by molar-refractivity contribution is -0.154. The van der Waals surface area contributed by atoms with E-state index in [-0.39, 0.29) is 27.5 Å². The summed E-state index contributed by atoms with van der Waals surface area (Å²) in [5, 5.41) is 0.117. The Balaban J connectivity index is 1.77. The van der Waals surface area contributed by atoms with E-state index in [4.69, 9.17) is 37.1 Å². The molecule has 3 aromatic carbocycles. The predicted octanol–water partition coefficient (Wildman–Crippen LogP) is 7.89. The zero-order valence-corrected chi connectivity index (χ0v) is 19.7. The third kappa shape index (κ3) is 4.91. The Morgan fingerprint density at radius 1 is 1.00 bits per heavy atom. The van der Waals surface area contributed by atoms with Gasteiger partial charge < -0.3 is 13.9 Å². The van der Waals surface area contributed by atoms with Gasteiger partial charge in [0.2, 0.25) is 11.2 Å². The summed E-state index contributed by atoms with van der Waals surface area (Å²) in [4.78, 5) is 25.3. The fourth-order valence-electron chi connectivity index (χ4n) is 2.95. The number of para-hydroxylation sites is 1. The molecule has 0 fully saturated rings. The van der Waals surface area contributed by atoms with Crippen molar-refractivity contribution in [1.29, 1.82) is 0 Å². The minimum absolute atomic E-state index is 0.00922. The molecular weight excluding hydrogens is 564 g/mol. The smallest absolute Gasteiger partial charge is 0.448 e. The van der Waals surface area contributed by atoms with Gasteiger partial charge in [-0.3, -0.25) is 4.79 Å². The summed E-state index contributed by atoms with van der Waals surface area (Å²) in [6.45, 7) is 0. The van der Waals surface area contributed by atoms with Crippen LogP contribution in [-0.4, -0.2) is 5.97 Å². The summed E-state index contributed by atoms with van der Waals surface area (Å²) >= 11 is 14.9. The van der Waals surface area contributed by atoms with Gasteiger partial charge in [-0.1, -0.05) is 35.3 Å². The normalized spacial score (nSPS) is 11.5. The average Bonchev–Trinajstić information content (AvgIpc) is 2.76. The molecule has 0 spiro atoms. The Morgan fingerprint density at radius 2 is 1.74 bits per heavy atom. The predicted molar refractivity (Wildman–Crippen MR) is 123 cm³/mol. The molecule has 0 saturated heterocycles. The molecule has 34 heavy (non-hydrogen) atoms. The standard InChI is InChI=1S/C23H10BrCl2F3O5/c24-15-3-1-2-4-17(15)33-20-19(30)14-8-6-12(10-18(14)34-21(20)23(27,28)29)32-22(31)13-7-5-11(25)9-16(13)26/h1-10H. The first-order valence-electron chi connectivity index (χ1n) is 9.32. The number of carbonyl (C=O) groups is 1. The Bertz CT molecular complexity index is 1480. The van der Waals surface area contributed by atoms with E-state index in [1.165, 1.54) is 42.5 Å². The maximum absolute atomic E-state index is 13.7. The molecule has 0 atom stereocenters. The van der Waals surface area contributed by atoms with Crippen molar-refractivity contribution in [2.75, 3.05) is 0 Å². The Labute approximate surface area is 207 Å². The molecular formula is C23H10BrCl2F3O5. The molecule has 0 bridgehead atoms. The van der Waals surface area contributed by atoms with E-state index in [1.807, 2.05) is 0 Å². The van der Waals surface area contributed by atoms with Gasteiger partial charge in [-0.05, 0) is 58.4 Å². The number of hydrogen-bond acceptors (Lipinski definition) is 5. The summed E-state index contributed by atoms with van der Waals surface area (Å²) < 4.78 is 57.0. The molecule has 1 heterocycles. The van der Waals surface area contributed by atoms with Crippen molar-refractivity contribution in [3.8, 4) is 17.2 Å². The number of rotatable bonds is 4. The summed E-state index contributed by atoms with van der Waals surface area (Å²) in [5.41, 5.74) is -1.52. The molecule has 5 nitrogen and oxygen atoms in total. The zero-order valence-electron chi connectivity index (χ0n) is 16.6. The highest BCUT2D eigenvalue weighted by atomic mass is 79.9. The van der Waals surface area contributed by atoms with Gasteiger partial charge in [0.05, 0.1) is 20.4 Å². The minimum atomic E-state index is -5.05. The number of fused-ring (bicyclic) bond motifs is 1. The molecule has 174 valence electrons. The van der Waals surface area contributed by atoms with Crippen molar-refractivity contribution in [2.45, 2.75) is 6.18 Å². The fourth-order valence-corrected chi connectivity index (χ4v) is 3.81. The van der Waals surface area contributed by atoms with Crippen LogP contribution in [0.1, 0.15) is 16.1 Å². The second-order valence-electron chi connectivity index (χ2n) is 6.79. The summed E-state index contributed by atoms with van der Waals surface area (Å²) in [7, 11) is 0. The van der Waals surface area contributed by atoms with Crippen LogP contribution in [0.4, 0.5) is 13.2 Å². The number of hydrogen-bond donors (Lipinski definition) is 0. The van der Waals surface area contributed by atoms with Crippen LogP contribution >= 0.6 is 39.1 Å². The van der Waals surface area contributed by atoms with Crippen LogP contribution in [0.2, 0.25) is 10.0 Å². The quantitative estimate of drug-likeness (QED) is 0.183. The first-order chi connectivity index (χ1) is 16.0. The molecule has 0 N–H and O–H groups in total. The molecule has 0 radical (unpaired) electrons. The molecule has 0 aliphatic rings. The first kappa shape index (κ1) is 24.1. The van der Waals surface area contributed by atoms with Crippen molar-refractivity contribution < 1.29 is 31.9 Å². The lowest BCUT2D eigenvalue weighted by atomic mass is 10.2. The van der Waals surface area contributed by atoms with E-state index in [2.05, 4.69) is 15.9 Å². The number of halogens is 6. The van der Waals surface area contributed by atoms with Crippen LogP contribution in [-0.2, 0) is 6.18 Å². The van der Waals surface area contributed by atoms with Gasteiger partial charge in [-0.25, -0.2) is 4.79 Å². The Morgan fingerprint density at radius 3 is 2.41 bits per heavy atom. The molecule has 11 heteroatoms. The SMILES string of the molecule is O=C(Oc1ccc2c(=O)c(Oc3ccccc3Br)c(C(F)(F)F)oc2c1)c1ccc(Cl)cc1Cl. The van der Waals surface area contributed by atoms with Crippen LogP contribution in [0.3, 0.4) is 0 Å². The average molecular weight is 574 g/mol. The van der Waals surface area contributed by atoms with E-state index >= 15 is 0 Å². The fraction of sp³-hybridized carbons (Fsp3) is 0.0435. The maximum Gasteiger partial charge on any atom is 0.453 e. The molecule has 0 saturated carbocycles. The van der Waals surface area contributed by atoms with E-state index in [0.717, 1.165) is 6.07 Å². The number of carbonyl (C=O) groups excluding carboxylic acids is 1. The van der Waals surface area contributed by atoms with Crippen LogP contribution in [0.15, 0.2) is 74.3 Å². The van der Waals surface area contributed by atoms with Crippen LogP contribution in [0.25, 0.3) is 11.0 Å². The lowest BCUT2D eigenvalue weighted by Crippen LogP contribution is -2.16. The molecule has 0 aliphatic carbocycles. The molecule has 0 aliphatic heterocycles. The second kappa shape index (κ2) is 9.32. The van der Waals surface area contributed by atoms with Crippen LogP contribution in [0.5, 0.6) is 17.2 Å². The number of alkyl halides is 3. The van der Waals surface area contributed by atoms with Gasteiger partial charge >= 0.3 is 12.1 Å². The van der Waals surface area contributed by atoms with Crippen molar-refractivity contribution in [2.24, 2.45) is 0 Å². The lowest BCUT2D eigenvalue weighted by Gasteiger charge is -2.14. The van der Waals surface area contributed by atoms with Crippen molar-refractivity contribution >= 4 is 56.1 Å². The van der Waals surface area contributed by atoms with Gasteiger partial charge in [0.15, 0.2) is 0 Å². The largest absolute Gasteiger partial charge is 0.453 e. The van der Waals surface area contributed by atoms with E-state index in [0.29, 0.717) is 9.50 Å². The summed E-state index contributed by atoms with van der Waals surface area (Å²) in [5.74, 6) is -3.72. The highest BCUT2D eigenvalue weighted by molar-refractivity contribution is 9.10. The van der Waals surface area contributed by atoms with Crippen molar-refractivity contribution in [3.63, 3.8) is 0 Å².